The van der Waals surface area contributed by atoms with Gasteiger partial charge < -0.3 is 24.1 Å². The number of carbonyl (C=O) groups is 1. The lowest BCUT2D eigenvalue weighted by Gasteiger charge is -2.17. The van der Waals surface area contributed by atoms with E-state index in [1.807, 2.05) is 0 Å². The molecule has 9 heteroatoms. The molecule has 3 rings (SSSR count). The monoisotopic (exact) mass is 415 g/mol. The topological polar surface area (TPSA) is 95.7 Å². The van der Waals surface area contributed by atoms with E-state index in [1.54, 1.807) is 44.4 Å². The fourth-order valence-electron chi connectivity index (χ4n) is 2.71. The van der Waals surface area contributed by atoms with E-state index in [2.05, 4.69) is 15.5 Å². The van der Waals surface area contributed by atoms with Crippen molar-refractivity contribution in [2.75, 3.05) is 14.2 Å². The number of hydrogen-bond acceptors (Lipinski definition) is 7. The van der Waals surface area contributed by atoms with Crippen molar-refractivity contribution in [3.63, 3.8) is 0 Å². The lowest BCUT2D eigenvalue weighted by Crippen LogP contribution is -2.37. The molecule has 1 heterocycles. The quantitative estimate of drug-likeness (QED) is 0.572. The largest absolute Gasteiger partial charge is 0.497 e. The maximum atomic E-state index is 13.8. The molecule has 3 aromatic rings. The van der Waals surface area contributed by atoms with E-state index in [0.717, 1.165) is 0 Å². The molecule has 2 aromatic carbocycles. The number of nitrogens with zero attached hydrogens (tertiary/aromatic N) is 2. The molecule has 0 unspecified atom stereocenters. The normalized spacial score (nSPS) is 11.6. The van der Waals surface area contributed by atoms with Gasteiger partial charge in [-0.05, 0) is 30.7 Å². The summed E-state index contributed by atoms with van der Waals surface area (Å²) in [6.45, 7) is 1.77. The third-order valence-electron chi connectivity index (χ3n) is 4.30. The van der Waals surface area contributed by atoms with Crippen LogP contribution in [-0.4, -0.2) is 36.4 Å². The van der Waals surface area contributed by atoms with Gasteiger partial charge in [-0.1, -0.05) is 24.2 Å². The highest BCUT2D eigenvalue weighted by atomic mass is 19.1. The molecule has 30 heavy (non-hydrogen) atoms. The summed E-state index contributed by atoms with van der Waals surface area (Å²) in [6.07, 6.45) is -0.496. The molecule has 0 spiro atoms. The number of benzene rings is 2. The standard InChI is InChI=1S/C21H22FN3O5/c1-4-16(29-17-8-6-5-7-15(17)22)21(26)23-12-19-24-20(25-30-19)14-10-9-13(27-2)11-18(14)28-3/h5-11,16H,4,12H2,1-3H3,(H,23,26)/t16-/m0/s1. The number of carbonyl (C=O) groups excluding carboxylic acids is 1. The van der Waals surface area contributed by atoms with Gasteiger partial charge in [0.15, 0.2) is 17.7 Å². The highest BCUT2D eigenvalue weighted by molar-refractivity contribution is 5.81. The predicted octanol–water partition coefficient (Wildman–Crippen LogP) is 3.37. The van der Waals surface area contributed by atoms with Gasteiger partial charge in [-0.15, -0.1) is 0 Å². The van der Waals surface area contributed by atoms with Gasteiger partial charge in [0.2, 0.25) is 11.7 Å². The molecule has 158 valence electrons. The summed E-state index contributed by atoms with van der Waals surface area (Å²) in [4.78, 5) is 16.7. The number of rotatable bonds is 9. The second kappa shape index (κ2) is 9.73. The van der Waals surface area contributed by atoms with Gasteiger partial charge in [0.1, 0.15) is 11.5 Å². The van der Waals surface area contributed by atoms with Gasteiger partial charge in [-0.3, -0.25) is 4.79 Å². The molecule has 1 atom stereocenters. The average molecular weight is 415 g/mol. The molecule has 1 amide bonds. The van der Waals surface area contributed by atoms with Crippen LogP contribution >= 0.6 is 0 Å². The van der Waals surface area contributed by atoms with Gasteiger partial charge in [-0.2, -0.15) is 4.98 Å². The van der Waals surface area contributed by atoms with Crippen LogP contribution < -0.4 is 19.5 Å². The summed E-state index contributed by atoms with van der Waals surface area (Å²) in [6, 6.07) is 11.1. The molecule has 0 aliphatic carbocycles. The molecular formula is C21H22FN3O5. The summed E-state index contributed by atoms with van der Waals surface area (Å²) in [5, 5.41) is 6.60. The van der Waals surface area contributed by atoms with E-state index in [0.29, 0.717) is 29.3 Å². The highest BCUT2D eigenvalue weighted by Crippen LogP contribution is 2.31. The third kappa shape index (κ3) is 4.86. The van der Waals surface area contributed by atoms with E-state index in [-0.39, 0.29) is 18.2 Å². The number of hydrogen-bond donors (Lipinski definition) is 1. The average Bonchev–Trinajstić information content (AvgIpc) is 3.25. The van der Waals surface area contributed by atoms with Crippen LogP contribution in [0, 0.1) is 5.82 Å². The Morgan fingerprint density at radius 1 is 1.17 bits per heavy atom. The fourth-order valence-corrected chi connectivity index (χ4v) is 2.71. The van der Waals surface area contributed by atoms with Crippen molar-refractivity contribution in [1.82, 2.24) is 15.5 Å². The first kappa shape index (κ1) is 21.1. The van der Waals surface area contributed by atoms with E-state index < -0.39 is 17.8 Å². The number of amides is 1. The Bertz CT molecular complexity index is 1010. The minimum absolute atomic E-state index is 0.00142. The molecule has 1 aromatic heterocycles. The van der Waals surface area contributed by atoms with Crippen LogP contribution in [-0.2, 0) is 11.3 Å². The van der Waals surface area contributed by atoms with Crippen molar-refractivity contribution in [3.8, 4) is 28.6 Å². The molecule has 1 N–H and O–H groups in total. The minimum Gasteiger partial charge on any atom is -0.497 e. The van der Waals surface area contributed by atoms with Crippen molar-refractivity contribution in [2.45, 2.75) is 26.0 Å². The van der Waals surface area contributed by atoms with E-state index in [9.17, 15) is 9.18 Å². The van der Waals surface area contributed by atoms with Crippen LogP contribution in [0.1, 0.15) is 19.2 Å². The van der Waals surface area contributed by atoms with Crippen LogP contribution in [0.15, 0.2) is 47.0 Å². The molecule has 0 aliphatic heterocycles. The smallest absolute Gasteiger partial charge is 0.261 e. The molecule has 0 aliphatic rings. The van der Waals surface area contributed by atoms with Gasteiger partial charge >= 0.3 is 0 Å². The third-order valence-corrected chi connectivity index (χ3v) is 4.30. The molecule has 0 radical (unpaired) electrons. The van der Waals surface area contributed by atoms with Crippen molar-refractivity contribution in [1.29, 1.82) is 0 Å². The number of aromatic nitrogens is 2. The van der Waals surface area contributed by atoms with Crippen molar-refractivity contribution in [2.24, 2.45) is 0 Å². The highest BCUT2D eigenvalue weighted by Gasteiger charge is 2.21. The summed E-state index contributed by atoms with van der Waals surface area (Å²) in [5.74, 6) is 0.750. The number of halogens is 1. The van der Waals surface area contributed by atoms with Crippen molar-refractivity contribution < 1.29 is 27.9 Å². The molecule has 0 bridgehead atoms. The zero-order chi connectivity index (χ0) is 21.5. The Labute approximate surface area is 173 Å². The number of ether oxygens (including phenoxy) is 3. The summed E-state index contributed by atoms with van der Waals surface area (Å²) in [5.41, 5.74) is 0.619. The fraction of sp³-hybridized carbons (Fsp3) is 0.286. The van der Waals surface area contributed by atoms with Gasteiger partial charge in [-0.25, -0.2) is 4.39 Å². The first-order valence-corrected chi connectivity index (χ1v) is 9.29. The maximum Gasteiger partial charge on any atom is 0.261 e. The summed E-state index contributed by atoms with van der Waals surface area (Å²) in [7, 11) is 3.09. The Hall–Kier alpha value is -3.62. The van der Waals surface area contributed by atoms with Crippen LogP contribution in [0.3, 0.4) is 0 Å². The molecule has 0 saturated carbocycles. The second-order valence-electron chi connectivity index (χ2n) is 6.24. The van der Waals surface area contributed by atoms with Crippen LogP contribution in [0.2, 0.25) is 0 Å². The Kier molecular flexibility index (Phi) is 6.84. The van der Waals surface area contributed by atoms with Crippen molar-refractivity contribution in [3.05, 3.63) is 54.2 Å². The maximum absolute atomic E-state index is 13.8. The van der Waals surface area contributed by atoms with E-state index in [4.69, 9.17) is 18.7 Å². The number of nitrogens with one attached hydrogen (secondary N) is 1. The van der Waals surface area contributed by atoms with Crippen molar-refractivity contribution >= 4 is 5.91 Å². The van der Waals surface area contributed by atoms with Crippen LogP contribution in [0.5, 0.6) is 17.2 Å². The predicted molar refractivity (Wildman–Crippen MR) is 106 cm³/mol. The molecule has 0 fully saturated rings. The van der Waals surface area contributed by atoms with E-state index >= 15 is 0 Å². The van der Waals surface area contributed by atoms with Gasteiger partial charge in [0.05, 0.1) is 26.3 Å². The Morgan fingerprint density at radius 2 is 1.97 bits per heavy atom. The minimum atomic E-state index is -0.856. The Morgan fingerprint density at radius 3 is 2.67 bits per heavy atom. The number of methoxy groups -OCH3 is 2. The van der Waals surface area contributed by atoms with Gasteiger partial charge in [0.25, 0.3) is 5.91 Å². The second-order valence-corrected chi connectivity index (χ2v) is 6.24. The van der Waals surface area contributed by atoms with E-state index in [1.165, 1.54) is 19.2 Å². The lowest BCUT2D eigenvalue weighted by atomic mass is 10.2. The lowest BCUT2D eigenvalue weighted by molar-refractivity contribution is -0.128. The van der Waals surface area contributed by atoms with Crippen LogP contribution in [0.25, 0.3) is 11.4 Å². The Balaban J connectivity index is 1.65. The zero-order valence-corrected chi connectivity index (χ0v) is 16.8. The molecular weight excluding hydrogens is 393 g/mol. The SMILES string of the molecule is CC[C@H](Oc1ccccc1F)C(=O)NCc1nc(-c2ccc(OC)cc2OC)no1. The summed E-state index contributed by atoms with van der Waals surface area (Å²) < 4.78 is 35.0. The van der Waals surface area contributed by atoms with Crippen LogP contribution in [0.4, 0.5) is 4.39 Å². The summed E-state index contributed by atoms with van der Waals surface area (Å²) >= 11 is 0. The first-order chi connectivity index (χ1) is 14.5. The molecule has 0 saturated heterocycles. The first-order valence-electron chi connectivity index (χ1n) is 9.29. The molecule has 8 nitrogen and oxygen atoms in total. The number of para-hydroxylation sites is 1. The zero-order valence-electron chi connectivity index (χ0n) is 16.8. The van der Waals surface area contributed by atoms with Gasteiger partial charge in [0, 0.05) is 6.07 Å².